The van der Waals surface area contributed by atoms with Gasteiger partial charge in [0.15, 0.2) is 18.0 Å². The lowest BCUT2D eigenvalue weighted by Crippen LogP contribution is -2.62. The summed E-state index contributed by atoms with van der Waals surface area (Å²) in [6.45, 7) is -0.203. The van der Waals surface area contributed by atoms with Gasteiger partial charge >= 0.3 is 18.0 Å². The van der Waals surface area contributed by atoms with Gasteiger partial charge in [-0.25, -0.2) is 9.59 Å². The average molecular weight is 475 g/mol. The van der Waals surface area contributed by atoms with Crippen molar-refractivity contribution in [3.05, 3.63) is 0 Å². The Hall–Kier alpha value is -3.34. The third-order valence-electron chi connectivity index (χ3n) is 4.94. The fraction of sp³-hybridized carbons (Fsp3) is 0.647. The van der Waals surface area contributed by atoms with Crippen molar-refractivity contribution in [2.45, 2.75) is 55.9 Å². The number of nitrogens with two attached hydrogens (primary N) is 1. The Labute approximate surface area is 186 Å². The number of nitrogens with one attached hydrogen (secondary N) is 3. The molecule has 5 atom stereocenters. The highest BCUT2D eigenvalue weighted by atomic mass is 16.6. The number of rotatable bonds is 10. The van der Waals surface area contributed by atoms with Gasteiger partial charge in [0.25, 0.3) is 5.91 Å². The largest absolute Gasteiger partial charge is 0.481 e. The van der Waals surface area contributed by atoms with Gasteiger partial charge < -0.3 is 35.8 Å². The second kappa shape index (κ2) is 10.5. The van der Waals surface area contributed by atoms with Gasteiger partial charge in [0.1, 0.15) is 12.2 Å². The number of nitrogens with zero attached hydrogens (tertiary/aromatic N) is 1. The van der Waals surface area contributed by atoms with Gasteiger partial charge in [-0.1, -0.05) is 0 Å². The van der Waals surface area contributed by atoms with Gasteiger partial charge in [-0.3, -0.25) is 35.1 Å². The summed E-state index contributed by atoms with van der Waals surface area (Å²) in [5.41, 5.74) is 2.90. The molecule has 16 nitrogen and oxygen atoms in total. The van der Waals surface area contributed by atoms with Crippen LogP contribution in [-0.2, 0) is 28.7 Å². The number of aliphatic hydroxyl groups excluding tert-OH is 2. The molecule has 0 aromatic carbocycles. The van der Waals surface area contributed by atoms with Crippen LogP contribution in [0, 0.1) is 0 Å². The number of carbonyl (C=O) groups excluding carboxylic acids is 4. The first kappa shape index (κ1) is 25.9. The molecule has 5 amide bonds. The van der Waals surface area contributed by atoms with Crippen molar-refractivity contribution >= 4 is 35.7 Å². The first-order chi connectivity index (χ1) is 15.4. The second-order valence-corrected chi connectivity index (χ2v) is 7.51. The minimum atomic E-state index is -2.50. The van der Waals surface area contributed by atoms with E-state index in [1.807, 2.05) is 10.6 Å². The zero-order valence-corrected chi connectivity index (χ0v) is 17.2. The Kier molecular flexibility index (Phi) is 8.26. The van der Waals surface area contributed by atoms with E-state index in [1.54, 1.807) is 0 Å². The van der Waals surface area contributed by atoms with Crippen LogP contribution >= 0.6 is 0 Å². The molecule has 2 rings (SSSR count). The number of amides is 5. The summed E-state index contributed by atoms with van der Waals surface area (Å²) in [5, 5.41) is 44.3. The molecule has 0 aromatic heterocycles. The molecule has 2 aliphatic heterocycles. The van der Waals surface area contributed by atoms with Crippen LogP contribution in [0.25, 0.3) is 0 Å². The lowest BCUT2D eigenvalue weighted by Gasteiger charge is -2.32. The van der Waals surface area contributed by atoms with E-state index in [0.29, 0.717) is 0 Å². The maximum absolute atomic E-state index is 12.3. The van der Waals surface area contributed by atoms with Gasteiger partial charge in [-0.2, -0.15) is 0 Å². The molecule has 2 heterocycles. The van der Waals surface area contributed by atoms with E-state index in [9.17, 15) is 39.0 Å². The van der Waals surface area contributed by atoms with Gasteiger partial charge in [-0.05, 0) is 6.42 Å². The van der Waals surface area contributed by atoms with Crippen LogP contribution in [0.3, 0.4) is 0 Å². The van der Waals surface area contributed by atoms with Crippen LogP contribution in [0.2, 0.25) is 0 Å². The number of carbonyl (C=O) groups is 6. The molecule has 0 unspecified atom stereocenters. The molecule has 9 N–H and O–H groups in total. The Balaban J connectivity index is 1.81. The Bertz CT molecular complexity index is 836. The lowest BCUT2D eigenvalue weighted by molar-refractivity contribution is -0.153. The molecule has 33 heavy (non-hydrogen) atoms. The number of carboxylic acid groups (broad SMARTS) is 2. The van der Waals surface area contributed by atoms with Gasteiger partial charge in [0.2, 0.25) is 11.8 Å². The molecular weight excluding hydrogens is 450 g/mol. The predicted molar refractivity (Wildman–Crippen MR) is 103 cm³/mol. The van der Waals surface area contributed by atoms with Crippen molar-refractivity contribution in [3.63, 3.8) is 0 Å². The summed E-state index contributed by atoms with van der Waals surface area (Å²) in [6.07, 6.45) is -7.61. The third kappa shape index (κ3) is 6.35. The third-order valence-corrected chi connectivity index (χ3v) is 4.94. The smallest absolute Gasteiger partial charge is 0.345 e. The number of aliphatic hydroxyl groups is 2. The molecule has 0 saturated carbocycles. The molecule has 0 spiro atoms. The maximum atomic E-state index is 12.3. The molecule has 16 heteroatoms. The number of ether oxygens (including phenoxy) is 1. The van der Waals surface area contributed by atoms with Crippen LogP contribution in [0.1, 0.15) is 25.7 Å². The topological polar surface area (TPSA) is 258 Å². The monoisotopic (exact) mass is 475 g/mol. The molecule has 0 aliphatic carbocycles. The van der Waals surface area contributed by atoms with Gasteiger partial charge in [0, 0.05) is 25.9 Å². The van der Waals surface area contributed by atoms with E-state index >= 15 is 0 Å². The zero-order valence-electron chi connectivity index (χ0n) is 17.2. The van der Waals surface area contributed by atoms with Crippen molar-refractivity contribution < 1.29 is 53.9 Å². The van der Waals surface area contributed by atoms with Crippen LogP contribution in [0.15, 0.2) is 0 Å². The second-order valence-electron chi connectivity index (χ2n) is 7.51. The molecule has 2 fully saturated rings. The number of imide groups is 1. The maximum Gasteiger partial charge on any atom is 0.345 e. The van der Waals surface area contributed by atoms with Crippen molar-refractivity contribution in [3.8, 4) is 0 Å². The summed E-state index contributed by atoms with van der Waals surface area (Å²) in [6, 6.07) is -0.838. The highest BCUT2D eigenvalue weighted by molar-refractivity contribution is 5.96. The average Bonchev–Trinajstić information content (AvgIpc) is 2.99. The standard InChI is InChI=1S/C17H25N5O11/c18-17(15(30)31,6-9(25)26)21-8(24)2-1-4-19-13(29)12-10(27)11(28)14(33-12)22-5-3-7(23)20-16(22)32/h10-12,14,27-28H,1-6,18H2,(H,19,29)(H,21,24)(H,25,26)(H,30,31)(H,20,23,32)/t10-,11-,12-,14+,17-/m0/s1. The summed E-state index contributed by atoms with van der Waals surface area (Å²) < 4.78 is 5.33. The van der Waals surface area contributed by atoms with Crippen molar-refractivity contribution in [1.82, 2.24) is 20.9 Å². The highest BCUT2D eigenvalue weighted by Gasteiger charge is 2.50. The fourth-order valence-electron chi connectivity index (χ4n) is 3.24. The highest BCUT2D eigenvalue weighted by Crippen LogP contribution is 2.25. The predicted octanol–water partition coefficient (Wildman–Crippen LogP) is -4.40. The fourth-order valence-corrected chi connectivity index (χ4v) is 3.24. The number of aliphatic carboxylic acids is 2. The Morgan fingerprint density at radius 2 is 1.85 bits per heavy atom. The van der Waals surface area contributed by atoms with Gasteiger partial charge in [-0.15, -0.1) is 0 Å². The molecule has 0 aromatic rings. The summed E-state index contributed by atoms with van der Waals surface area (Å²) in [4.78, 5) is 70.2. The first-order valence-electron chi connectivity index (χ1n) is 9.80. The number of hydrogen-bond donors (Lipinski definition) is 8. The van der Waals surface area contributed by atoms with E-state index in [4.69, 9.17) is 20.7 Å². The van der Waals surface area contributed by atoms with Crippen molar-refractivity contribution in [2.24, 2.45) is 5.73 Å². The zero-order chi connectivity index (χ0) is 24.9. The van der Waals surface area contributed by atoms with E-state index < -0.39 is 72.3 Å². The first-order valence-corrected chi connectivity index (χ1v) is 9.80. The summed E-state index contributed by atoms with van der Waals surface area (Å²) >= 11 is 0. The minimum Gasteiger partial charge on any atom is -0.481 e. The Morgan fingerprint density at radius 3 is 2.42 bits per heavy atom. The number of urea groups is 1. The van der Waals surface area contributed by atoms with Crippen molar-refractivity contribution in [1.29, 1.82) is 0 Å². The van der Waals surface area contributed by atoms with Crippen LogP contribution in [-0.4, -0.2) is 104 Å². The van der Waals surface area contributed by atoms with Crippen LogP contribution in [0.5, 0.6) is 0 Å². The van der Waals surface area contributed by atoms with Crippen LogP contribution < -0.4 is 21.7 Å². The molecule has 2 aliphatic rings. The van der Waals surface area contributed by atoms with E-state index in [2.05, 4.69) is 5.32 Å². The number of hydrogen-bond acceptors (Lipinski definition) is 10. The molecule has 184 valence electrons. The summed E-state index contributed by atoms with van der Waals surface area (Å²) in [5.74, 6) is -5.49. The van der Waals surface area contributed by atoms with E-state index in [-0.39, 0.29) is 32.4 Å². The molecule has 0 radical (unpaired) electrons. The van der Waals surface area contributed by atoms with E-state index in [0.717, 1.165) is 4.90 Å². The van der Waals surface area contributed by atoms with Gasteiger partial charge in [0.05, 0.1) is 6.42 Å². The number of carboxylic acids is 2. The molecule has 0 bridgehead atoms. The minimum absolute atomic E-state index is 0.00815. The molecule has 2 saturated heterocycles. The normalized spacial score (nSPS) is 26.8. The molecular formula is C17H25N5O11. The quantitative estimate of drug-likeness (QED) is 0.110. The van der Waals surface area contributed by atoms with E-state index in [1.165, 1.54) is 0 Å². The Morgan fingerprint density at radius 1 is 1.18 bits per heavy atom. The van der Waals surface area contributed by atoms with Crippen molar-refractivity contribution in [2.75, 3.05) is 13.1 Å². The SMILES string of the molecule is N[C@@](CC(=O)O)(NC(=O)CCCNC(=O)[C@H]1O[C@@H](N2CCC(=O)NC2=O)[C@@H](O)[C@@H]1O)C(=O)O. The summed E-state index contributed by atoms with van der Waals surface area (Å²) in [7, 11) is 0. The van der Waals surface area contributed by atoms with Crippen LogP contribution in [0.4, 0.5) is 4.79 Å². The lowest BCUT2D eigenvalue weighted by atomic mass is 10.1.